The van der Waals surface area contributed by atoms with Crippen molar-refractivity contribution in [2.45, 2.75) is 75.9 Å². The Morgan fingerprint density at radius 2 is 1.34 bits per heavy atom. The number of fused-ring (bicyclic) bond motifs is 3. The number of rotatable bonds is 15. The molecule has 0 saturated heterocycles. The first-order valence-electron chi connectivity index (χ1n) is 25.3. The van der Waals surface area contributed by atoms with Crippen molar-refractivity contribution in [2.24, 2.45) is 0 Å². The molecule has 22 heteroatoms. The van der Waals surface area contributed by atoms with Crippen molar-refractivity contribution in [2.75, 3.05) is 23.1 Å². The summed E-state index contributed by atoms with van der Waals surface area (Å²) in [5.41, 5.74) is 9.25. The van der Waals surface area contributed by atoms with Crippen molar-refractivity contribution in [3.63, 3.8) is 0 Å². The molecule has 77 heavy (non-hydrogen) atoms. The van der Waals surface area contributed by atoms with E-state index in [0.29, 0.717) is 24.2 Å². The minimum atomic E-state index is 0.0990. The molecule has 2 aliphatic rings. The van der Waals surface area contributed by atoms with E-state index in [1.807, 2.05) is 34.5 Å². The molecule has 14 rings (SSSR count). The number of thiophene rings is 3. The van der Waals surface area contributed by atoms with Gasteiger partial charge in [0.05, 0.1) is 64.7 Å². The molecular formula is C55H51ClN18S3. The van der Waals surface area contributed by atoms with Gasteiger partial charge in [0.2, 0.25) is 5.82 Å². The Kier molecular flexibility index (Phi) is 14.2. The predicted molar refractivity (Wildman–Crippen MR) is 304 cm³/mol. The molecule has 0 spiro atoms. The first-order chi connectivity index (χ1) is 37.8. The zero-order valence-electron chi connectivity index (χ0n) is 42.2. The first-order valence-corrected chi connectivity index (χ1v) is 28.4. The maximum Gasteiger partial charge on any atom is 0.204 e. The van der Waals surface area contributed by atoms with E-state index in [0.717, 1.165) is 71.5 Å². The summed E-state index contributed by atoms with van der Waals surface area (Å²) in [7, 11) is 2.08. The highest BCUT2D eigenvalue weighted by molar-refractivity contribution is 7.17. The lowest BCUT2D eigenvalue weighted by molar-refractivity contribution is 0.556. The molecule has 0 aliphatic heterocycles. The third kappa shape index (κ3) is 10.9. The van der Waals surface area contributed by atoms with Gasteiger partial charge >= 0.3 is 0 Å². The number of hydrogen-bond acceptors (Lipinski definition) is 18. The van der Waals surface area contributed by atoms with Gasteiger partial charge in [-0.15, -0.1) is 66.0 Å². The van der Waals surface area contributed by atoms with E-state index in [2.05, 4.69) is 187 Å². The molecule has 3 aromatic carbocycles. The van der Waals surface area contributed by atoms with E-state index in [1.165, 1.54) is 52.7 Å². The Labute approximate surface area is 459 Å². The van der Waals surface area contributed by atoms with Crippen molar-refractivity contribution < 1.29 is 0 Å². The maximum atomic E-state index is 5.70. The van der Waals surface area contributed by atoms with Crippen LogP contribution in [0.15, 0.2) is 145 Å². The number of nitrogens with one attached hydrogen (secondary N) is 1. The van der Waals surface area contributed by atoms with E-state index in [9.17, 15) is 0 Å². The molecule has 0 amide bonds. The highest BCUT2D eigenvalue weighted by atomic mass is 35.5. The van der Waals surface area contributed by atoms with Crippen LogP contribution >= 0.6 is 45.6 Å². The minimum absolute atomic E-state index is 0.0990. The van der Waals surface area contributed by atoms with Gasteiger partial charge in [0, 0.05) is 47.7 Å². The van der Waals surface area contributed by atoms with Gasteiger partial charge in [-0.25, -0.2) is 39.3 Å². The third-order valence-electron chi connectivity index (χ3n) is 14.2. The lowest BCUT2D eigenvalue weighted by Crippen LogP contribution is -2.22. The van der Waals surface area contributed by atoms with E-state index < -0.39 is 0 Å². The van der Waals surface area contributed by atoms with Crippen LogP contribution in [0.2, 0.25) is 0 Å². The molecule has 12 aromatic rings. The number of halogens is 1. The highest BCUT2D eigenvalue weighted by Crippen LogP contribution is 2.51. The number of benzene rings is 3. The predicted octanol–water partition coefficient (Wildman–Crippen LogP) is 11.6. The number of aromatic nitrogens is 16. The van der Waals surface area contributed by atoms with Gasteiger partial charge in [0.15, 0.2) is 0 Å². The lowest BCUT2D eigenvalue weighted by Gasteiger charge is -2.27. The molecule has 2 unspecified atom stereocenters. The Morgan fingerprint density at radius 3 is 2.04 bits per heavy atom. The van der Waals surface area contributed by atoms with Gasteiger partial charge in [0.25, 0.3) is 0 Å². The van der Waals surface area contributed by atoms with E-state index in [4.69, 9.17) is 11.6 Å². The second-order valence-electron chi connectivity index (χ2n) is 19.1. The van der Waals surface area contributed by atoms with Crippen LogP contribution in [0.4, 0.5) is 11.6 Å². The molecule has 0 bridgehead atoms. The Balaban J connectivity index is 0.000000116. The topological polar surface area (TPSA) is 198 Å². The summed E-state index contributed by atoms with van der Waals surface area (Å²) in [5, 5.41) is 41.8. The van der Waals surface area contributed by atoms with Crippen molar-refractivity contribution >= 4 is 87.9 Å². The van der Waals surface area contributed by atoms with E-state index in [-0.39, 0.29) is 17.5 Å². The average Bonchev–Trinajstić information content (AvgIpc) is 4.04. The van der Waals surface area contributed by atoms with Crippen molar-refractivity contribution in [3.8, 4) is 22.8 Å². The summed E-state index contributed by atoms with van der Waals surface area (Å²) in [6.45, 7) is 4.84. The van der Waals surface area contributed by atoms with E-state index in [1.54, 1.807) is 63.9 Å². The number of tetrazole rings is 1. The van der Waals surface area contributed by atoms with Crippen LogP contribution in [0.25, 0.3) is 53.4 Å². The average molecular weight is 1100 g/mol. The number of aryl methyl sites for hydroxylation is 1. The van der Waals surface area contributed by atoms with E-state index >= 15 is 0 Å². The van der Waals surface area contributed by atoms with Crippen LogP contribution < -0.4 is 10.2 Å². The SMILES string of the molecule is CC(Nc1ncnc2sccc12)c1ccc(-c2nnn(CCCl)n2)cc1.CC(c1ccc(-n2cc(C3CC3)nn2)cc1)N(C)c1ncnc2sccc12.c1cn(-c2ccc(C3(Cc4ncnc5sccc45)CC3)cc2)nn1. The second kappa shape index (κ2) is 21.9. The fourth-order valence-corrected chi connectivity index (χ4v) is 11.7. The van der Waals surface area contributed by atoms with Gasteiger partial charge in [-0.2, -0.15) is 4.80 Å². The third-order valence-corrected chi connectivity index (χ3v) is 16.8. The molecule has 0 radical (unpaired) electrons. The zero-order valence-corrected chi connectivity index (χ0v) is 45.4. The number of nitrogens with zero attached hydrogens (tertiary/aromatic N) is 17. The molecular weight excluding hydrogens is 1040 g/mol. The van der Waals surface area contributed by atoms with Gasteiger partial charge in [0.1, 0.15) is 45.1 Å². The van der Waals surface area contributed by atoms with Crippen LogP contribution in [0.1, 0.15) is 85.6 Å². The molecule has 9 aromatic heterocycles. The standard InChI is InChI=1S/C20H20N6S.C18H15N5S.C17H16ClN7S/c1-13(25(2)19-17-9-10-27-20(17)22-12-21-19)14-5-7-16(8-6-14)26-11-18(23-24-26)15-3-4-15;1-3-14(23-9-8-21-22-23)4-2-13(1)18(6-7-18)11-16-15-5-10-24-17(15)20-12-19-16;1-11(21-16-14-6-9-26-17(14)20-10-19-16)12-2-4-13(5-3-12)15-22-24-25(23-15)8-7-18/h5-13,15H,3-4H2,1-2H3;1-5,8-10,12H,6-7,11H2;2-6,9-11H,7-8H2,1H3,(H,19,20,21). The number of hydrogen-bond donors (Lipinski definition) is 1. The monoisotopic (exact) mass is 1090 g/mol. The van der Waals surface area contributed by atoms with Crippen LogP contribution in [0, 0.1) is 0 Å². The minimum Gasteiger partial charge on any atom is -0.363 e. The Bertz CT molecular complexity index is 3880. The normalized spacial score (nSPS) is 14.4. The molecule has 2 atom stereocenters. The summed E-state index contributed by atoms with van der Waals surface area (Å²) < 4.78 is 3.65. The zero-order chi connectivity index (χ0) is 52.3. The van der Waals surface area contributed by atoms with Gasteiger partial charge in [-0.1, -0.05) is 59.0 Å². The maximum absolute atomic E-state index is 5.70. The molecule has 2 fully saturated rings. The molecule has 18 nitrogen and oxygen atoms in total. The number of alkyl halides is 1. The lowest BCUT2D eigenvalue weighted by atomic mass is 9.90. The van der Waals surface area contributed by atoms with Crippen LogP contribution in [-0.2, 0) is 18.4 Å². The van der Waals surface area contributed by atoms with Gasteiger partial charge in [-0.3, -0.25) is 0 Å². The Hall–Kier alpha value is -7.98. The molecule has 2 saturated carbocycles. The first kappa shape index (κ1) is 49.9. The largest absolute Gasteiger partial charge is 0.363 e. The smallest absolute Gasteiger partial charge is 0.204 e. The molecule has 386 valence electrons. The van der Waals surface area contributed by atoms with Crippen molar-refractivity contribution in [1.29, 1.82) is 0 Å². The van der Waals surface area contributed by atoms with Gasteiger partial charge in [-0.05, 0) is 120 Å². The summed E-state index contributed by atoms with van der Waals surface area (Å²) >= 11 is 10.6. The molecule has 9 heterocycles. The van der Waals surface area contributed by atoms with Crippen molar-refractivity contribution in [3.05, 3.63) is 173 Å². The van der Waals surface area contributed by atoms with Crippen LogP contribution in [0.5, 0.6) is 0 Å². The quantitative estimate of drug-likeness (QED) is 0.0951. The second-order valence-corrected chi connectivity index (χ2v) is 22.2. The fraction of sp³-hybridized carbons (Fsp3) is 0.255. The highest BCUT2D eigenvalue weighted by Gasteiger charge is 2.44. The van der Waals surface area contributed by atoms with Gasteiger partial charge < -0.3 is 10.2 Å². The summed E-state index contributed by atoms with van der Waals surface area (Å²) in [4.78, 5) is 33.2. The number of anilines is 2. The van der Waals surface area contributed by atoms with Crippen LogP contribution in [-0.4, -0.2) is 93.0 Å². The fourth-order valence-electron chi connectivity index (χ4n) is 9.32. The van der Waals surface area contributed by atoms with Crippen molar-refractivity contribution in [1.82, 2.24) is 80.1 Å². The van der Waals surface area contributed by atoms with Crippen LogP contribution in [0.3, 0.4) is 0 Å². The summed E-state index contributed by atoms with van der Waals surface area (Å²) in [6, 6.07) is 31.8. The molecule has 2 aliphatic carbocycles. The summed E-state index contributed by atoms with van der Waals surface area (Å²) in [5.74, 6) is 3.48. The summed E-state index contributed by atoms with van der Waals surface area (Å²) in [6.07, 6.45) is 16.4. The molecule has 1 N–H and O–H groups in total. The Morgan fingerprint density at radius 1 is 0.688 bits per heavy atom.